The van der Waals surface area contributed by atoms with Crippen molar-refractivity contribution in [3.63, 3.8) is 0 Å². The number of rotatable bonds is 22. The summed E-state index contributed by atoms with van der Waals surface area (Å²) in [7, 11) is 0. The summed E-state index contributed by atoms with van der Waals surface area (Å²) in [6, 6.07) is 0. The van der Waals surface area contributed by atoms with Crippen molar-refractivity contribution >= 4 is 5.91 Å². The SMILES string of the molecule is C=C(CCCCCCC/C=C\CCCCCCCC)OCCN(CCO)C(=O)CN. The van der Waals surface area contributed by atoms with Crippen LogP contribution in [0.2, 0.25) is 0 Å². The molecule has 5 heteroatoms. The summed E-state index contributed by atoms with van der Waals surface area (Å²) in [6.45, 7) is 7.23. The highest BCUT2D eigenvalue weighted by Crippen LogP contribution is 2.12. The summed E-state index contributed by atoms with van der Waals surface area (Å²) in [5.41, 5.74) is 5.37. The second kappa shape index (κ2) is 22.4. The van der Waals surface area contributed by atoms with Gasteiger partial charge in [-0.05, 0) is 32.1 Å². The number of hydrogen-bond donors (Lipinski definition) is 2. The molecular formula is C25H48N2O3. The molecule has 0 saturated carbocycles. The van der Waals surface area contributed by atoms with E-state index in [1.807, 2.05) is 0 Å². The van der Waals surface area contributed by atoms with Crippen LogP contribution in [0.15, 0.2) is 24.5 Å². The molecule has 30 heavy (non-hydrogen) atoms. The van der Waals surface area contributed by atoms with Gasteiger partial charge in [-0.3, -0.25) is 4.79 Å². The van der Waals surface area contributed by atoms with Gasteiger partial charge in [0.2, 0.25) is 5.91 Å². The third-order valence-electron chi connectivity index (χ3n) is 5.28. The fourth-order valence-corrected chi connectivity index (χ4v) is 3.38. The van der Waals surface area contributed by atoms with Crippen LogP contribution in [-0.4, -0.2) is 48.8 Å². The van der Waals surface area contributed by atoms with Gasteiger partial charge in [0.1, 0.15) is 6.61 Å². The molecule has 0 aliphatic carbocycles. The number of ether oxygens (including phenoxy) is 1. The summed E-state index contributed by atoms with van der Waals surface area (Å²) in [6.07, 6.45) is 22.4. The Bertz CT molecular complexity index is 438. The number of allylic oxidation sites excluding steroid dienone is 3. The van der Waals surface area contributed by atoms with E-state index >= 15 is 0 Å². The average molecular weight is 425 g/mol. The standard InChI is InChI=1S/C25H48N2O3/c1-3-4-5-6-7-8-9-10-11-12-13-14-15-16-17-18-24(2)30-22-20-27(19-21-28)25(29)23-26/h10-11,28H,2-9,12-23,26H2,1H3/b11-10-. The molecule has 0 bridgehead atoms. The minimum absolute atomic E-state index is 0.0458. The molecule has 0 aromatic rings. The second-order valence-corrected chi connectivity index (χ2v) is 8.03. The lowest BCUT2D eigenvalue weighted by Gasteiger charge is -2.21. The number of carbonyl (C=O) groups is 1. The molecule has 0 spiro atoms. The predicted octanol–water partition coefficient (Wildman–Crippen LogP) is 5.33. The maximum Gasteiger partial charge on any atom is 0.236 e. The summed E-state index contributed by atoms with van der Waals surface area (Å²) in [5, 5.41) is 9.00. The highest BCUT2D eigenvalue weighted by Gasteiger charge is 2.10. The normalized spacial score (nSPS) is 11.2. The molecule has 0 aliphatic rings. The third kappa shape index (κ3) is 18.7. The number of aliphatic hydroxyl groups excluding tert-OH is 1. The van der Waals surface area contributed by atoms with E-state index in [-0.39, 0.29) is 19.1 Å². The van der Waals surface area contributed by atoms with Crippen LogP contribution in [-0.2, 0) is 9.53 Å². The zero-order valence-corrected chi connectivity index (χ0v) is 19.6. The van der Waals surface area contributed by atoms with Crippen molar-refractivity contribution in [2.45, 2.75) is 96.8 Å². The van der Waals surface area contributed by atoms with Crippen LogP contribution in [0.1, 0.15) is 96.8 Å². The van der Waals surface area contributed by atoms with Crippen LogP contribution in [0.4, 0.5) is 0 Å². The van der Waals surface area contributed by atoms with Crippen LogP contribution in [0.3, 0.4) is 0 Å². The van der Waals surface area contributed by atoms with Crippen LogP contribution < -0.4 is 5.73 Å². The Morgan fingerprint density at radius 3 is 2.07 bits per heavy atom. The number of nitrogens with two attached hydrogens (primary N) is 1. The summed E-state index contributed by atoms with van der Waals surface area (Å²) in [5.74, 6) is 0.604. The zero-order valence-electron chi connectivity index (χ0n) is 19.6. The smallest absolute Gasteiger partial charge is 0.236 e. The molecule has 0 rings (SSSR count). The van der Waals surface area contributed by atoms with E-state index in [0.29, 0.717) is 19.7 Å². The molecule has 0 heterocycles. The van der Waals surface area contributed by atoms with Gasteiger partial charge in [0.15, 0.2) is 0 Å². The fourth-order valence-electron chi connectivity index (χ4n) is 3.38. The van der Waals surface area contributed by atoms with Crippen LogP contribution in [0.5, 0.6) is 0 Å². The Labute approximate surface area is 185 Å². The molecule has 0 fully saturated rings. The number of amides is 1. The van der Waals surface area contributed by atoms with Crippen molar-refractivity contribution in [3.05, 3.63) is 24.5 Å². The van der Waals surface area contributed by atoms with Crippen molar-refractivity contribution in [3.8, 4) is 0 Å². The van der Waals surface area contributed by atoms with Gasteiger partial charge in [0.25, 0.3) is 0 Å². The molecule has 1 amide bonds. The van der Waals surface area contributed by atoms with Gasteiger partial charge in [-0.2, -0.15) is 0 Å². The molecule has 0 atom stereocenters. The summed E-state index contributed by atoms with van der Waals surface area (Å²) >= 11 is 0. The van der Waals surface area contributed by atoms with E-state index in [1.165, 1.54) is 81.9 Å². The van der Waals surface area contributed by atoms with E-state index in [1.54, 1.807) is 0 Å². The molecule has 0 unspecified atom stereocenters. The average Bonchev–Trinajstić information content (AvgIpc) is 2.75. The molecule has 0 radical (unpaired) electrons. The Kier molecular flexibility index (Phi) is 21.4. The van der Waals surface area contributed by atoms with Crippen molar-refractivity contribution < 1.29 is 14.6 Å². The van der Waals surface area contributed by atoms with E-state index in [4.69, 9.17) is 15.6 Å². The van der Waals surface area contributed by atoms with Crippen LogP contribution >= 0.6 is 0 Å². The van der Waals surface area contributed by atoms with Crippen molar-refractivity contribution in [1.29, 1.82) is 0 Å². The molecule has 5 nitrogen and oxygen atoms in total. The van der Waals surface area contributed by atoms with E-state index in [9.17, 15) is 4.79 Å². The third-order valence-corrected chi connectivity index (χ3v) is 5.28. The zero-order chi connectivity index (χ0) is 22.3. The minimum Gasteiger partial charge on any atom is -0.497 e. The first-order chi connectivity index (χ1) is 14.7. The lowest BCUT2D eigenvalue weighted by molar-refractivity contribution is -0.130. The highest BCUT2D eigenvalue weighted by atomic mass is 16.5. The predicted molar refractivity (Wildman–Crippen MR) is 127 cm³/mol. The van der Waals surface area contributed by atoms with E-state index in [2.05, 4.69) is 25.7 Å². The first-order valence-corrected chi connectivity index (χ1v) is 12.2. The van der Waals surface area contributed by atoms with E-state index < -0.39 is 0 Å². The maximum atomic E-state index is 11.6. The Morgan fingerprint density at radius 2 is 1.50 bits per heavy atom. The largest absolute Gasteiger partial charge is 0.497 e. The van der Waals surface area contributed by atoms with Crippen molar-refractivity contribution in [1.82, 2.24) is 4.90 Å². The number of unbranched alkanes of at least 4 members (excludes halogenated alkanes) is 11. The molecule has 3 N–H and O–H groups in total. The minimum atomic E-state index is -0.171. The number of hydrogen-bond acceptors (Lipinski definition) is 4. The monoisotopic (exact) mass is 424 g/mol. The molecular weight excluding hydrogens is 376 g/mol. The quantitative estimate of drug-likeness (QED) is 0.140. The lowest BCUT2D eigenvalue weighted by Crippen LogP contribution is -2.40. The molecule has 176 valence electrons. The Hall–Kier alpha value is -1.33. The van der Waals surface area contributed by atoms with E-state index in [0.717, 1.165) is 18.6 Å². The van der Waals surface area contributed by atoms with Crippen molar-refractivity contribution in [2.75, 3.05) is 32.8 Å². The van der Waals surface area contributed by atoms with Crippen LogP contribution in [0.25, 0.3) is 0 Å². The van der Waals surface area contributed by atoms with Gasteiger partial charge in [-0.15, -0.1) is 0 Å². The number of aliphatic hydroxyl groups is 1. The molecule has 0 aliphatic heterocycles. The highest BCUT2D eigenvalue weighted by molar-refractivity contribution is 5.77. The number of carbonyl (C=O) groups excluding carboxylic acids is 1. The first kappa shape index (κ1) is 28.7. The fraction of sp³-hybridized carbons (Fsp3) is 0.800. The Morgan fingerprint density at radius 1 is 0.933 bits per heavy atom. The van der Waals surface area contributed by atoms with Gasteiger partial charge in [-0.25, -0.2) is 0 Å². The maximum absolute atomic E-state index is 11.6. The topological polar surface area (TPSA) is 75.8 Å². The van der Waals surface area contributed by atoms with Gasteiger partial charge < -0.3 is 20.5 Å². The number of nitrogens with zero attached hydrogens (tertiary/aromatic N) is 1. The molecule has 0 aromatic carbocycles. The Balaban J connectivity index is 3.46. The molecule has 0 saturated heterocycles. The van der Waals surface area contributed by atoms with Crippen LogP contribution in [0, 0.1) is 0 Å². The molecule has 0 aromatic heterocycles. The van der Waals surface area contributed by atoms with Gasteiger partial charge in [-0.1, -0.05) is 77.0 Å². The van der Waals surface area contributed by atoms with Crippen molar-refractivity contribution in [2.24, 2.45) is 5.73 Å². The lowest BCUT2D eigenvalue weighted by atomic mass is 10.1. The summed E-state index contributed by atoms with van der Waals surface area (Å²) in [4.78, 5) is 13.1. The van der Waals surface area contributed by atoms with Gasteiger partial charge >= 0.3 is 0 Å². The van der Waals surface area contributed by atoms with Gasteiger partial charge in [0.05, 0.1) is 25.5 Å². The summed E-state index contributed by atoms with van der Waals surface area (Å²) < 4.78 is 5.61. The first-order valence-electron chi connectivity index (χ1n) is 12.2. The van der Waals surface area contributed by atoms with Gasteiger partial charge in [0, 0.05) is 13.0 Å². The second-order valence-electron chi connectivity index (χ2n) is 8.03.